The predicted octanol–water partition coefficient (Wildman–Crippen LogP) is 2.90. The molecule has 2 amide bonds. The van der Waals surface area contributed by atoms with Gasteiger partial charge in [0.25, 0.3) is 11.8 Å². The van der Waals surface area contributed by atoms with Crippen molar-refractivity contribution in [3.63, 3.8) is 0 Å². The summed E-state index contributed by atoms with van der Waals surface area (Å²) in [5.74, 6) is -1.22. The summed E-state index contributed by atoms with van der Waals surface area (Å²) in [6, 6.07) is 2.34. The van der Waals surface area contributed by atoms with Crippen molar-refractivity contribution in [3.8, 4) is 5.88 Å². The second-order valence-electron chi connectivity index (χ2n) is 7.31. The van der Waals surface area contributed by atoms with E-state index in [-0.39, 0.29) is 35.6 Å². The monoisotopic (exact) mass is 472 g/mol. The Balaban J connectivity index is 1.79. The van der Waals surface area contributed by atoms with E-state index in [1.54, 1.807) is 6.92 Å². The van der Waals surface area contributed by atoms with Crippen molar-refractivity contribution in [2.45, 2.75) is 38.7 Å². The zero-order valence-electron chi connectivity index (χ0n) is 17.1. The molecule has 0 fully saturated rings. The number of alkyl halides is 3. The standard InChI is InChI=1S/C20H20ClF3N4O4/c1-10(29)6-26-17(30)16-14-8-28(19(31)13(14)3-4-25-16)11(2)12-5-15(21)18(27-7-12)32-9-20(22,23)24/h3-5,7,10-11,29H,6,8-9H2,1-2H3,(H,26,30)/t10-,11?/m1/s1. The van der Waals surface area contributed by atoms with Gasteiger partial charge in [0.1, 0.15) is 10.7 Å². The zero-order valence-corrected chi connectivity index (χ0v) is 17.9. The highest BCUT2D eigenvalue weighted by Gasteiger charge is 2.35. The van der Waals surface area contributed by atoms with Crippen LogP contribution in [-0.4, -0.2) is 57.2 Å². The quantitative estimate of drug-likeness (QED) is 0.642. The van der Waals surface area contributed by atoms with Crippen molar-refractivity contribution in [1.82, 2.24) is 20.2 Å². The third-order valence-electron chi connectivity index (χ3n) is 4.80. The van der Waals surface area contributed by atoms with Gasteiger partial charge in [0.15, 0.2) is 6.61 Å². The molecule has 2 atom stereocenters. The fraction of sp³-hybridized carbons (Fsp3) is 0.400. The summed E-state index contributed by atoms with van der Waals surface area (Å²) < 4.78 is 41.6. The number of hydrogen-bond donors (Lipinski definition) is 2. The van der Waals surface area contributed by atoms with Crippen molar-refractivity contribution < 1.29 is 32.6 Å². The molecule has 12 heteroatoms. The number of hydrogen-bond acceptors (Lipinski definition) is 6. The Hall–Kier alpha value is -2.92. The molecule has 1 aliphatic rings. The Morgan fingerprint density at radius 2 is 2.09 bits per heavy atom. The van der Waals surface area contributed by atoms with Gasteiger partial charge in [-0.05, 0) is 31.5 Å². The lowest BCUT2D eigenvalue weighted by Gasteiger charge is -2.25. The molecule has 1 unspecified atom stereocenters. The fourth-order valence-corrected chi connectivity index (χ4v) is 3.42. The molecule has 0 bridgehead atoms. The summed E-state index contributed by atoms with van der Waals surface area (Å²) in [5, 5.41) is 11.8. The van der Waals surface area contributed by atoms with Gasteiger partial charge in [0, 0.05) is 36.6 Å². The summed E-state index contributed by atoms with van der Waals surface area (Å²) >= 11 is 6.02. The van der Waals surface area contributed by atoms with Gasteiger partial charge in [0.05, 0.1) is 12.1 Å². The maximum atomic E-state index is 12.9. The van der Waals surface area contributed by atoms with Crippen LogP contribution in [0, 0.1) is 0 Å². The Kier molecular flexibility index (Phi) is 6.89. The number of carbonyl (C=O) groups excluding carboxylic acids is 2. The summed E-state index contributed by atoms with van der Waals surface area (Å²) in [6.45, 7) is 1.82. The summed E-state index contributed by atoms with van der Waals surface area (Å²) in [6.07, 6.45) is -2.63. The summed E-state index contributed by atoms with van der Waals surface area (Å²) in [5.41, 5.74) is 1.32. The molecule has 0 aromatic carbocycles. The highest BCUT2D eigenvalue weighted by Crippen LogP contribution is 2.34. The minimum Gasteiger partial charge on any atom is -0.467 e. The molecular weight excluding hydrogens is 453 g/mol. The first-order valence-corrected chi connectivity index (χ1v) is 9.96. The van der Waals surface area contributed by atoms with Crippen LogP contribution in [0.25, 0.3) is 0 Å². The molecule has 8 nitrogen and oxygen atoms in total. The molecule has 32 heavy (non-hydrogen) atoms. The van der Waals surface area contributed by atoms with Crippen LogP contribution in [0.5, 0.6) is 5.88 Å². The number of nitrogens with one attached hydrogen (secondary N) is 1. The first kappa shape index (κ1) is 23.7. The molecule has 2 aromatic heterocycles. The predicted molar refractivity (Wildman–Crippen MR) is 107 cm³/mol. The number of aliphatic hydroxyl groups is 1. The molecule has 172 valence electrons. The Labute approximate surface area is 186 Å². The van der Waals surface area contributed by atoms with Gasteiger partial charge in [-0.1, -0.05) is 11.6 Å². The zero-order chi connectivity index (χ0) is 23.6. The Morgan fingerprint density at radius 3 is 2.72 bits per heavy atom. The second-order valence-corrected chi connectivity index (χ2v) is 7.72. The average molecular weight is 473 g/mol. The summed E-state index contributed by atoms with van der Waals surface area (Å²) in [7, 11) is 0. The molecular formula is C20H20ClF3N4O4. The number of halogens is 4. The van der Waals surface area contributed by atoms with Crippen LogP contribution >= 0.6 is 11.6 Å². The number of aromatic nitrogens is 2. The minimum absolute atomic E-state index is 0.0329. The van der Waals surface area contributed by atoms with Crippen LogP contribution in [0.1, 0.15) is 51.9 Å². The van der Waals surface area contributed by atoms with E-state index in [4.69, 9.17) is 11.6 Å². The van der Waals surface area contributed by atoms with E-state index < -0.39 is 30.8 Å². The van der Waals surface area contributed by atoms with E-state index >= 15 is 0 Å². The third kappa shape index (κ3) is 5.28. The molecule has 0 spiro atoms. The smallest absolute Gasteiger partial charge is 0.422 e. The molecule has 2 N–H and O–H groups in total. The molecule has 3 heterocycles. The van der Waals surface area contributed by atoms with Crippen LogP contribution < -0.4 is 10.1 Å². The maximum absolute atomic E-state index is 12.9. The highest BCUT2D eigenvalue weighted by atomic mass is 35.5. The normalized spacial score (nSPS) is 15.3. The third-order valence-corrected chi connectivity index (χ3v) is 5.07. The first-order chi connectivity index (χ1) is 15.0. The van der Waals surface area contributed by atoms with Crippen molar-refractivity contribution >= 4 is 23.4 Å². The van der Waals surface area contributed by atoms with Crippen LogP contribution in [0.15, 0.2) is 24.5 Å². The number of fused-ring (bicyclic) bond motifs is 1. The van der Waals surface area contributed by atoms with Gasteiger partial charge >= 0.3 is 6.18 Å². The van der Waals surface area contributed by atoms with Crippen LogP contribution in [-0.2, 0) is 6.54 Å². The molecule has 2 aromatic rings. The van der Waals surface area contributed by atoms with Crippen molar-refractivity contribution in [3.05, 3.63) is 51.9 Å². The van der Waals surface area contributed by atoms with Gasteiger partial charge in [-0.2, -0.15) is 13.2 Å². The molecule has 0 saturated carbocycles. The fourth-order valence-electron chi connectivity index (χ4n) is 3.19. The molecule has 0 aliphatic carbocycles. The number of aliphatic hydroxyl groups excluding tert-OH is 1. The number of carbonyl (C=O) groups is 2. The van der Waals surface area contributed by atoms with Gasteiger partial charge in [-0.25, -0.2) is 4.98 Å². The van der Waals surface area contributed by atoms with Crippen molar-refractivity contribution in [1.29, 1.82) is 0 Å². The number of pyridine rings is 2. The van der Waals surface area contributed by atoms with Gasteiger partial charge in [-0.3, -0.25) is 14.6 Å². The SMILES string of the molecule is CC(c1cnc(OCC(F)(F)F)c(Cl)c1)N1Cc2c(ccnc2C(=O)NC[C@@H](C)O)C1=O. The molecule has 1 aliphatic heterocycles. The molecule has 3 rings (SSSR count). The molecule has 0 radical (unpaired) electrons. The number of amides is 2. The topological polar surface area (TPSA) is 105 Å². The van der Waals surface area contributed by atoms with Crippen molar-refractivity contribution in [2.75, 3.05) is 13.2 Å². The van der Waals surface area contributed by atoms with E-state index in [0.717, 1.165) is 0 Å². The first-order valence-electron chi connectivity index (χ1n) is 9.58. The van der Waals surface area contributed by atoms with E-state index in [1.165, 1.54) is 36.4 Å². The van der Waals surface area contributed by atoms with Crippen molar-refractivity contribution in [2.24, 2.45) is 0 Å². The summed E-state index contributed by atoms with van der Waals surface area (Å²) in [4.78, 5) is 34.8. The van der Waals surface area contributed by atoms with Gasteiger partial charge in [0.2, 0.25) is 5.88 Å². The lowest BCUT2D eigenvalue weighted by molar-refractivity contribution is -0.154. The van der Waals surface area contributed by atoms with Crippen LogP contribution in [0.3, 0.4) is 0 Å². The lowest BCUT2D eigenvalue weighted by atomic mass is 10.1. The largest absolute Gasteiger partial charge is 0.467 e. The number of nitrogens with zero attached hydrogens (tertiary/aromatic N) is 3. The Bertz CT molecular complexity index is 1030. The maximum Gasteiger partial charge on any atom is 0.422 e. The van der Waals surface area contributed by atoms with E-state index in [9.17, 15) is 27.9 Å². The second kappa shape index (κ2) is 9.29. The van der Waals surface area contributed by atoms with E-state index in [2.05, 4.69) is 20.0 Å². The highest BCUT2D eigenvalue weighted by molar-refractivity contribution is 6.31. The average Bonchev–Trinajstić information content (AvgIpc) is 3.06. The minimum atomic E-state index is -4.53. The molecule has 0 saturated heterocycles. The van der Waals surface area contributed by atoms with Crippen LogP contribution in [0.2, 0.25) is 5.02 Å². The van der Waals surface area contributed by atoms with E-state index in [0.29, 0.717) is 16.7 Å². The van der Waals surface area contributed by atoms with Crippen LogP contribution in [0.4, 0.5) is 13.2 Å². The van der Waals surface area contributed by atoms with E-state index in [1.807, 2.05) is 0 Å². The number of rotatable bonds is 7. The number of ether oxygens (including phenoxy) is 1. The van der Waals surface area contributed by atoms with Gasteiger partial charge < -0.3 is 20.1 Å². The van der Waals surface area contributed by atoms with Gasteiger partial charge in [-0.15, -0.1) is 0 Å². The lowest BCUT2D eigenvalue weighted by Crippen LogP contribution is -2.32. The Morgan fingerprint density at radius 1 is 1.38 bits per heavy atom.